The third-order valence-corrected chi connectivity index (χ3v) is 5.34. The van der Waals surface area contributed by atoms with E-state index in [4.69, 9.17) is 0 Å². The zero-order valence-electron chi connectivity index (χ0n) is 14.6. The molecule has 26 heavy (non-hydrogen) atoms. The van der Waals surface area contributed by atoms with Gasteiger partial charge in [0.25, 0.3) is 5.56 Å². The molecule has 1 aromatic carbocycles. The minimum Gasteiger partial charge on any atom is -0.319 e. The molecule has 0 saturated carbocycles. The molecule has 0 aliphatic heterocycles. The molecule has 0 atom stereocenters. The van der Waals surface area contributed by atoms with Gasteiger partial charge in [-0.05, 0) is 6.92 Å². The van der Waals surface area contributed by atoms with E-state index in [0.717, 1.165) is 20.8 Å². The Hall–Kier alpha value is -3.00. The van der Waals surface area contributed by atoms with Crippen LogP contribution >= 0.6 is 11.3 Å². The van der Waals surface area contributed by atoms with Crippen LogP contribution < -0.4 is 11.2 Å². The molecule has 3 aromatic heterocycles. The van der Waals surface area contributed by atoms with E-state index in [1.165, 1.54) is 17.2 Å². The zero-order valence-corrected chi connectivity index (χ0v) is 15.4. The van der Waals surface area contributed by atoms with E-state index in [1.807, 2.05) is 5.38 Å². The fourth-order valence-electron chi connectivity index (χ4n) is 2.90. The molecule has 0 aliphatic rings. The van der Waals surface area contributed by atoms with E-state index in [2.05, 4.69) is 41.2 Å². The maximum Gasteiger partial charge on any atom is 0.332 e. The van der Waals surface area contributed by atoms with Gasteiger partial charge in [-0.2, -0.15) is 0 Å². The highest BCUT2D eigenvalue weighted by molar-refractivity contribution is 7.13. The van der Waals surface area contributed by atoms with Crippen LogP contribution in [-0.4, -0.2) is 23.7 Å². The second kappa shape index (κ2) is 6.06. The van der Waals surface area contributed by atoms with Crippen LogP contribution in [0.1, 0.15) is 11.3 Å². The van der Waals surface area contributed by atoms with Crippen molar-refractivity contribution in [3.8, 4) is 10.6 Å². The third kappa shape index (κ3) is 2.59. The van der Waals surface area contributed by atoms with Gasteiger partial charge in [0.1, 0.15) is 5.01 Å². The molecule has 0 bridgehead atoms. The van der Waals surface area contributed by atoms with Crippen LogP contribution in [0.4, 0.5) is 0 Å². The monoisotopic (exact) mass is 367 g/mol. The molecule has 3 heterocycles. The van der Waals surface area contributed by atoms with Crippen LogP contribution in [0.15, 0.2) is 45.6 Å². The zero-order chi connectivity index (χ0) is 18.4. The van der Waals surface area contributed by atoms with Crippen molar-refractivity contribution in [2.75, 3.05) is 0 Å². The van der Waals surface area contributed by atoms with Crippen molar-refractivity contribution in [3.63, 3.8) is 0 Å². The number of hydrogen-bond donors (Lipinski definition) is 0. The molecule has 132 valence electrons. The van der Waals surface area contributed by atoms with E-state index in [9.17, 15) is 9.59 Å². The van der Waals surface area contributed by atoms with Crippen LogP contribution in [0, 0.1) is 6.92 Å². The summed E-state index contributed by atoms with van der Waals surface area (Å²) in [5, 5.41) is 2.91. The molecule has 0 saturated heterocycles. The van der Waals surface area contributed by atoms with Crippen molar-refractivity contribution in [1.82, 2.24) is 23.7 Å². The van der Waals surface area contributed by atoms with Crippen LogP contribution in [0.5, 0.6) is 0 Å². The molecule has 7 nitrogen and oxygen atoms in total. The standard InChI is InChI=1S/C18H17N5O2S/c1-11-4-6-12(7-5-11)16-20-13(9-26-16)8-23-10-19-15-14(23)17(24)22(3)18(25)21(15)2/h4-7,9-10H,8H2,1-3H3. The topological polar surface area (TPSA) is 74.7 Å². The fourth-order valence-corrected chi connectivity index (χ4v) is 3.72. The van der Waals surface area contributed by atoms with E-state index in [1.54, 1.807) is 29.3 Å². The largest absolute Gasteiger partial charge is 0.332 e. The number of hydrogen-bond acceptors (Lipinski definition) is 5. The lowest BCUT2D eigenvalue weighted by atomic mass is 10.2. The van der Waals surface area contributed by atoms with E-state index in [0.29, 0.717) is 17.7 Å². The number of nitrogens with zero attached hydrogens (tertiary/aromatic N) is 5. The molecule has 0 aliphatic carbocycles. The molecule has 4 rings (SSSR count). The summed E-state index contributed by atoms with van der Waals surface area (Å²) in [5.74, 6) is 0. The van der Waals surface area contributed by atoms with Crippen molar-refractivity contribution in [3.05, 3.63) is 68.1 Å². The summed E-state index contributed by atoms with van der Waals surface area (Å²) in [6.45, 7) is 2.47. The van der Waals surface area contributed by atoms with Gasteiger partial charge in [-0.3, -0.25) is 13.9 Å². The Kier molecular flexibility index (Phi) is 3.84. The van der Waals surface area contributed by atoms with Gasteiger partial charge in [-0.25, -0.2) is 14.8 Å². The first-order valence-corrected chi connectivity index (χ1v) is 8.96. The van der Waals surface area contributed by atoms with Crippen LogP contribution in [0.3, 0.4) is 0 Å². The number of imidazole rings is 1. The molecule has 8 heteroatoms. The van der Waals surface area contributed by atoms with E-state index in [-0.39, 0.29) is 11.2 Å². The number of rotatable bonds is 3. The highest BCUT2D eigenvalue weighted by Gasteiger charge is 2.15. The summed E-state index contributed by atoms with van der Waals surface area (Å²) in [6, 6.07) is 8.22. The van der Waals surface area contributed by atoms with Gasteiger partial charge in [-0.15, -0.1) is 11.3 Å². The van der Waals surface area contributed by atoms with Gasteiger partial charge in [0, 0.05) is 25.0 Å². The van der Waals surface area contributed by atoms with Crippen LogP contribution in [-0.2, 0) is 20.6 Å². The Labute approximate surface area is 152 Å². The summed E-state index contributed by atoms with van der Waals surface area (Å²) in [7, 11) is 3.08. The summed E-state index contributed by atoms with van der Waals surface area (Å²) < 4.78 is 4.22. The van der Waals surface area contributed by atoms with Gasteiger partial charge in [0.15, 0.2) is 11.2 Å². The molecule has 0 fully saturated rings. The van der Waals surface area contributed by atoms with E-state index >= 15 is 0 Å². The fraction of sp³-hybridized carbons (Fsp3) is 0.222. The van der Waals surface area contributed by atoms with Crippen molar-refractivity contribution in [2.45, 2.75) is 13.5 Å². The second-order valence-electron chi connectivity index (χ2n) is 6.26. The second-order valence-corrected chi connectivity index (χ2v) is 7.12. The minimum absolute atomic E-state index is 0.352. The van der Waals surface area contributed by atoms with Gasteiger partial charge in [-0.1, -0.05) is 29.8 Å². The number of benzene rings is 1. The first kappa shape index (κ1) is 16.5. The predicted octanol–water partition coefficient (Wildman–Crippen LogP) is 1.91. The summed E-state index contributed by atoms with van der Waals surface area (Å²) >= 11 is 1.57. The molecular formula is C18H17N5O2S. The number of aryl methyl sites for hydroxylation is 2. The Balaban J connectivity index is 1.74. The Morgan fingerprint density at radius 1 is 1.08 bits per heavy atom. The lowest BCUT2D eigenvalue weighted by molar-refractivity contribution is 0.701. The first-order chi connectivity index (χ1) is 12.5. The van der Waals surface area contributed by atoms with E-state index < -0.39 is 0 Å². The predicted molar refractivity (Wildman–Crippen MR) is 102 cm³/mol. The molecule has 0 unspecified atom stereocenters. The summed E-state index contributed by atoms with van der Waals surface area (Å²) in [4.78, 5) is 33.4. The third-order valence-electron chi connectivity index (χ3n) is 4.40. The van der Waals surface area contributed by atoms with Crippen molar-refractivity contribution >= 4 is 22.5 Å². The van der Waals surface area contributed by atoms with Crippen molar-refractivity contribution < 1.29 is 0 Å². The molecular weight excluding hydrogens is 350 g/mol. The average molecular weight is 367 g/mol. The SMILES string of the molecule is Cc1ccc(-c2nc(Cn3cnc4c3c(=O)n(C)c(=O)n4C)cs2)cc1. The molecule has 0 amide bonds. The lowest BCUT2D eigenvalue weighted by Gasteiger charge is -2.05. The summed E-state index contributed by atoms with van der Waals surface area (Å²) in [6.07, 6.45) is 1.58. The normalized spacial score (nSPS) is 11.3. The van der Waals surface area contributed by atoms with Crippen LogP contribution in [0.25, 0.3) is 21.7 Å². The lowest BCUT2D eigenvalue weighted by Crippen LogP contribution is -2.37. The Bertz CT molecular complexity index is 1230. The van der Waals surface area contributed by atoms with Crippen LogP contribution in [0.2, 0.25) is 0 Å². The van der Waals surface area contributed by atoms with Crippen molar-refractivity contribution in [2.24, 2.45) is 14.1 Å². The summed E-state index contributed by atoms with van der Waals surface area (Å²) in [5.41, 5.74) is 3.17. The minimum atomic E-state index is -0.386. The van der Waals surface area contributed by atoms with Crippen molar-refractivity contribution in [1.29, 1.82) is 0 Å². The molecule has 0 radical (unpaired) electrons. The maximum absolute atomic E-state index is 12.5. The maximum atomic E-state index is 12.5. The molecule has 4 aromatic rings. The van der Waals surface area contributed by atoms with Gasteiger partial charge >= 0.3 is 5.69 Å². The Morgan fingerprint density at radius 2 is 1.81 bits per heavy atom. The van der Waals surface area contributed by atoms with Gasteiger partial charge in [0.05, 0.1) is 18.6 Å². The molecule has 0 spiro atoms. The smallest absolute Gasteiger partial charge is 0.319 e. The van der Waals surface area contributed by atoms with Gasteiger partial charge < -0.3 is 4.57 Å². The first-order valence-electron chi connectivity index (χ1n) is 8.08. The highest BCUT2D eigenvalue weighted by atomic mass is 32.1. The number of fused-ring (bicyclic) bond motifs is 1. The average Bonchev–Trinajstić information content (AvgIpc) is 3.26. The quantitative estimate of drug-likeness (QED) is 0.554. The van der Waals surface area contributed by atoms with Gasteiger partial charge in [0.2, 0.25) is 0 Å². The number of aromatic nitrogens is 5. The highest BCUT2D eigenvalue weighted by Crippen LogP contribution is 2.24. The Morgan fingerprint density at radius 3 is 2.54 bits per heavy atom. The number of thiazole rings is 1. The molecule has 0 N–H and O–H groups in total.